The van der Waals surface area contributed by atoms with Gasteiger partial charge in [0.25, 0.3) is 5.91 Å². The van der Waals surface area contributed by atoms with Crippen molar-refractivity contribution in [1.82, 2.24) is 5.32 Å². The van der Waals surface area contributed by atoms with Crippen LogP contribution in [0.1, 0.15) is 21.5 Å². The number of hydrogen-bond acceptors (Lipinski definition) is 3. The molecule has 0 saturated heterocycles. The molecule has 0 spiro atoms. The van der Waals surface area contributed by atoms with Gasteiger partial charge < -0.3 is 16.2 Å². The first kappa shape index (κ1) is 14.4. The number of anilines is 1. The van der Waals surface area contributed by atoms with Crippen molar-refractivity contribution in [2.75, 3.05) is 5.73 Å². The molecule has 0 aliphatic carbocycles. The summed E-state index contributed by atoms with van der Waals surface area (Å²) in [5, 5.41) is 12.2. The molecule has 0 unspecified atom stereocenters. The van der Waals surface area contributed by atoms with Crippen molar-refractivity contribution in [3.63, 3.8) is 0 Å². The van der Waals surface area contributed by atoms with Crippen molar-refractivity contribution >= 4 is 23.2 Å². The van der Waals surface area contributed by atoms with Gasteiger partial charge in [0.15, 0.2) is 0 Å². The molecule has 2 aromatic carbocycles. The van der Waals surface area contributed by atoms with E-state index in [0.717, 1.165) is 11.1 Å². The number of carbonyl (C=O) groups excluding carboxylic acids is 1. The number of aliphatic hydroxyl groups is 1. The highest BCUT2D eigenvalue weighted by molar-refractivity contribution is 6.31. The van der Waals surface area contributed by atoms with E-state index in [2.05, 4.69) is 5.32 Å². The molecular weight excluding hydrogens is 276 g/mol. The van der Waals surface area contributed by atoms with Crippen LogP contribution in [-0.4, -0.2) is 11.0 Å². The average Bonchev–Trinajstić information content (AvgIpc) is 2.44. The number of amides is 1. The van der Waals surface area contributed by atoms with Gasteiger partial charge in [-0.25, -0.2) is 0 Å². The lowest BCUT2D eigenvalue weighted by molar-refractivity contribution is 0.0951. The van der Waals surface area contributed by atoms with E-state index in [1.165, 1.54) is 0 Å². The molecule has 4 N–H and O–H groups in total. The summed E-state index contributed by atoms with van der Waals surface area (Å²) in [6.45, 7) is 0.408. The Hall–Kier alpha value is -2.04. The number of nitrogens with two attached hydrogens (primary N) is 1. The van der Waals surface area contributed by atoms with E-state index in [4.69, 9.17) is 22.4 Å². The molecule has 0 atom stereocenters. The van der Waals surface area contributed by atoms with Crippen LogP contribution in [0.2, 0.25) is 5.02 Å². The maximum atomic E-state index is 12.0. The van der Waals surface area contributed by atoms with Gasteiger partial charge in [-0.05, 0) is 29.3 Å². The topological polar surface area (TPSA) is 75.4 Å². The van der Waals surface area contributed by atoms with Crippen molar-refractivity contribution < 1.29 is 9.90 Å². The molecule has 0 fully saturated rings. The van der Waals surface area contributed by atoms with Crippen molar-refractivity contribution in [2.45, 2.75) is 13.2 Å². The minimum Gasteiger partial charge on any atom is -0.399 e. The monoisotopic (exact) mass is 290 g/mol. The number of nitrogens with one attached hydrogen (secondary N) is 1. The van der Waals surface area contributed by atoms with E-state index >= 15 is 0 Å². The van der Waals surface area contributed by atoms with Gasteiger partial charge in [-0.15, -0.1) is 0 Å². The van der Waals surface area contributed by atoms with Gasteiger partial charge in [-0.3, -0.25) is 4.79 Å². The lowest BCUT2D eigenvalue weighted by Gasteiger charge is -2.07. The Morgan fingerprint density at radius 2 is 1.80 bits per heavy atom. The molecule has 0 aromatic heterocycles. The van der Waals surface area contributed by atoms with E-state index in [0.29, 0.717) is 22.8 Å². The Labute approximate surface area is 122 Å². The molecule has 4 nitrogen and oxygen atoms in total. The highest BCUT2D eigenvalue weighted by atomic mass is 35.5. The molecule has 0 radical (unpaired) electrons. The van der Waals surface area contributed by atoms with E-state index in [1.807, 2.05) is 24.3 Å². The number of rotatable bonds is 4. The van der Waals surface area contributed by atoms with E-state index in [1.54, 1.807) is 18.2 Å². The van der Waals surface area contributed by atoms with Crippen molar-refractivity contribution in [1.29, 1.82) is 0 Å². The van der Waals surface area contributed by atoms with Gasteiger partial charge in [0.2, 0.25) is 0 Å². The fourth-order valence-electron chi connectivity index (χ4n) is 1.79. The van der Waals surface area contributed by atoms with Gasteiger partial charge in [0.1, 0.15) is 0 Å². The molecule has 5 heteroatoms. The second kappa shape index (κ2) is 6.41. The van der Waals surface area contributed by atoms with E-state index in [9.17, 15) is 4.79 Å². The largest absolute Gasteiger partial charge is 0.399 e. The zero-order chi connectivity index (χ0) is 14.5. The van der Waals surface area contributed by atoms with Crippen LogP contribution in [0, 0.1) is 0 Å². The maximum absolute atomic E-state index is 12.0. The third kappa shape index (κ3) is 3.73. The lowest BCUT2D eigenvalue weighted by atomic mass is 10.1. The Kier molecular flexibility index (Phi) is 4.61. The van der Waals surface area contributed by atoms with Crippen molar-refractivity contribution in [3.8, 4) is 0 Å². The normalized spacial score (nSPS) is 10.3. The number of benzene rings is 2. The molecule has 0 bridgehead atoms. The highest BCUT2D eigenvalue weighted by Gasteiger charge is 2.07. The third-order valence-electron chi connectivity index (χ3n) is 2.84. The summed E-state index contributed by atoms with van der Waals surface area (Å²) in [4.78, 5) is 12.0. The summed E-state index contributed by atoms with van der Waals surface area (Å²) >= 11 is 5.86. The Balaban J connectivity index is 2.00. The Bertz CT molecular complexity index is 592. The van der Waals surface area contributed by atoms with Gasteiger partial charge in [0, 0.05) is 22.8 Å². The van der Waals surface area contributed by atoms with Crippen molar-refractivity contribution in [2.24, 2.45) is 0 Å². The Morgan fingerprint density at radius 1 is 1.15 bits per heavy atom. The minimum absolute atomic E-state index is 0.00836. The average molecular weight is 291 g/mol. The summed E-state index contributed by atoms with van der Waals surface area (Å²) in [6, 6.07) is 12.1. The minimum atomic E-state index is -0.231. The first-order chi connectivity index (χ1) is 9.58. The molecule has 2 aromatic rings. The summed E-state index contributed by atoms with van der Waals surface area (Å²) in [5.41, 5.74) is 8.32. The van der Waals surface area contributed by atoms with Crippen molar-refractivity contribution in [3.05, 3.63) is 64.2 Å². The second-order valence-electron chi connectivity index (χ2n) is 4.43. The molecular formula is C15H15ClN2O2. The van der Waals surface area contributed by atoms with E-state index in [-0.39, 0.29) is 12.5 Å². The lowest BCUT2D eigenvalue weighted by Crippen LogP contribution is -2.22. The van der Waals surface area contributed by atoms with Crippen LogP contribution in [0.25, 0.3) is 0 Å². The molecule has 0 aliphatic rings. The quantitative estimate of drug-likeness (QED) is 0.757. The van der Waals surface area contributed by atoms with Gasteiger partial charge in [0.05, 0.1) is 6.61 Å². The summed E-state index contributed by atoms with van der Waals surface area (Å²) in [6.07, 6.45) is 0. The first-order valence-electron chi connectivity index (χ1n) is 6.11. The number of halogens is 1. The van der Waals surface area contributed by atoms with Crippen LogP contribution < -0.4 is 11.1 Å². The summed E-state index contributed by atoms with van der Waals surface area (Å²) in [7, 11) is 0. The molecule has 0 saturated carbocycles. The predicted octanol–water partition coefficient (Wildman–Crippen LogP) is 2.34. The number of carbonyl (C=O) groups is 1. The van der Waals surface area contributed by atoms with Gasteiger partial charge >= 0.3 is 0 Å². The smallest absolute Gasteiger partial charge is 0.251 e. The van der Waals surface area contributed by atoms with Crippen LogP contribution in [0.15, 0.2) is 42.5 Å². The van der Waals surface area contributed by atoms with Crippen LogP contribution in [0.5, 0.6) is 0 Å². The van der Waals surface area contributed by atoms with Crippen LogP contribution in [0.4, 0.5) is 5.69 Å². The predicted molar refractivity (Wildman–Crippen MR) is 79.4 cm³/mol. The first-order valence-corrected chi connectivity index (χ1v) is 6.49. The molecule has 2 rings (SSSR count). The van der Waals surface area contributed by atoms with Gasteiger partial charge in [-0.2, -0.15) is 0 Å². The SMILES string of the molecule is Nc1cc(Cl)cc(C(=O)NCc2ccc(CO)cc2)c1. The number of nitrogen functional groups attached to an aromatic ring is 1. The zero-order valence-electron chi connectivity index (χ0n) is 10.8. The fourth-order valence-corrected chi connectivity index (χ4v) is 2.03. The number of aliphatic hydroxyl groups excluding tert-OH is 1. The second-order valence-corrected chi connectivity index (χ2v) is 4.87. The summed E-state index contributed by atoms with van der Waals surface area (Å²) < 4.78 is 0. The highest BCUT2D eigenvalue weighted by Crippen LogP contribution is 2.16. The molecule has 0 heterocycles. The summed E-state index contributed by atoms with van der Waals surface area (Å²) in [5.74, 6) is -0.231. The molecule has 1 amide bonds. The standard InChI is InChI=1S/C15H15ClN2O2/c16-13-5-12(6-14(17)7-13)15(20)18-8-10-1-3-11(9-19)4-2-10/h1-7,19H,8-9,17H2,(H,18,20). The Morgan fingerprint density at radius 3 is 2.40 bits per heavy atom. The van der Waals surface area contributed by atoms with Crippen LogP contribution in [0.3, 0.4) is 0 Å². The third-order valence-corrected chi connectivity index (χ3v) is 3.06. The molecule has 104 valence electrons. The molecule has 20 heavy (non-hydrogen) atoms. The maximum Gasteiger partial charge on any atom is 0.251 e. The van der Waals surface area contributed by atoms with Gasteiger partial charge in [-0.1, -0.05) is 35.9 Å². The van der Waals surface area contributed by atoms with Crippen LogP contribution >= 0.6 is 11.6 Å². The zero-order valence-corrected chi connectivity index (χ0v) is 11.5. The van der Waals surface area contributed by atoms with Crippen LogP contribution in [-0.2, 0) is 13.2 Å². The van der Waals surface area contributed by atoms with E-state index < -0.39 is 0 Å². The fraction of sp³-hybridized carbons (Fsp3) is 0.133. The molecule has 0 aliphatic heterocycles. The number of hydrogen-bond donors (Lipinski definition) is 3.